The first-order valence-electron chi connectivity index (χ1n) is 8.03. The van der Waals surface area contributed by atoms with E-state index in [0.717, 1.165) is 24.3 Å². The van der Waals surface area contributed by atoms with E-state index in [2.05, 4.69) is 5.32 Å². The van der Waals surface area contributed by atoms with Gasteiger partial charge in [0.1, 0.15) is 5.82 Å². The predicted molar refractivity (Wildman–Crippen MR) is 90.1 cm³/mol. The summed E-state index contributed by atoms with van der Waals surface area (Å²) in [6.45, 7) is 3.36. The van der Waals surface area contributed by atoms with Crippen LogP contribution in [0.15, 0.2) is 18.2 Å². The molecule has 1 saturated carbocycles. The summed E-state index contributed by atoms with van der Waals surface area (Å²) in [6, 6.07) is 3.99. The monoisotopic (exact) mass is 336 g/mol. The number of anilines is 1. The smallest absolute Gasteiger partial charge is 0.256 e. The van der Waals surface area contributed by atoms with Crippen LogP contribution in [0.1, 0.15) is 30.1 Å². The molecule has 1 aromatic carbocycles. The van der Waals surface area contributed by atoms with Crippen LogP contribution in [0.4, 0.5) is 10.1 Å². The van der Waals surface area contributed by atoms with E-state index in [1.54, 1.807) is 4.90 Å². The fourth-order valence-corrected chi connectivity index (χ4v) is 3.72. The van der Waals surface area contributed by atoms with Crippen molar-refractivity contribution in [2.24, 2.45) is 11.8 Å². The zero-order chi connectivity index (χ0) is 16.4. The van der Waals surface area contributed by atoms with E-state index in [1.165, 1.54) is 18.2 Å². The van der Waals surface area contributed by atoms with Crippen molar-refractivity contribution in [1.29, 1.82) is 0 Å². The Morgan fingerprint density at radius 1 is 1.30 bits per heavy atom. The SMILES string of the molecule is C[C@@H]1C[C@@H]1C(=O)Nc1ccc(F)cc1C(=O)N1CCCSCC1. The predicted octanol–water partition coefficient (Wildman–Crippen LogP) is 3.00. The quantitative estimate of drug-likeness (QED) is 0.923. The third kappa shape index (κ3) is 3.86. The molecule has 1 N–H and O–H groups in total. The molecule has 23 heavy (non-hydrogen) atoms. The Morgan fingerprint density at radius 3 is 2.83 bits per heavy atom. The van der Waals surface area contributed by atoms with Crippen LogP contribution in [0.5, 0.6) is 0 Å². The summed E-state index contributed by atoms with van der Waals surface area (Å²) in [5, 5.41) is 2.81. The highest BCUT2D eigenvalue weighted by Crippen LogP contribution is 2.38. The lowest BCUT2D eigenvalue weighted by Crippen LogP contribution is -2.33. The third-order valence-electron chi connectivity index (χ3n) is 4.43. The fraction of sp³-hybridized carbons (Fsp3) is 0.529. The Balaban J connectivity index is 1.80. The van der Waals surface area contributed by atoms with E-state index in [9.17, 15) is 14.0 Å². The number of amides is 2. The number of carbonyl (C=O) groups excluding carboxylic acids is 2. The van der Waals surface area contributed by atoms with Crippen molar-refractivity contribution in [3.8, 4) is 0 Å². The van der Waals surface area contributed by atoms with Gasteiger partial charge in [-0.05, 0) is 42.7 Å². The molecule has 2 atom stereocenters. The zero-order valence-corrected chi connectivity index (χ0v) is 14.0. The number of halogens is 1. The highest BCUT2D eigenvalue weighted by molar-refractivity contribution is 7.99. The minimum atomic E-state index is -0.463. The first-order chi connectivity index (χ1) is 11.1. The van der Waals surface area contributed by atoms with Gasteiger partial charge in [-0.15, -0.1) is 0 Å². The van der Waals surface area contributed by atoms with Crippen molar-refractivity contribution in [3.05, 3.63) is 29.6 Å². The number of thioether (sulfide) groups is 1. The molecule has 3 rings (SSSR count). The van der Waals surface area contributed by atoms with Crippen LogP contribution >= 0.6 is 11.8 Å². The standard InChI is InChI=1S/C17H21FN2O2S/c1-11-9-13(11)16(21)19-15-4-3-12(18)10-14(15)17(22)20-5-2-7-23-8-6-20/h3-4,10-11,13H,2,5-9H2,1H3,(H,19,21)/t11-,13+/m1/s1. The molecule has 0 spiro atoms. The highest BCUT2D eigenvalue weighted by atomic mass is 32.2. The van der Waals surface area contributed by atoms with Gasteiger partial charge in [-0.25, -0.2) is 4.39 Å². The summed E-state index contributed by atoms with van der Waals surface area (Å²) in [5.74, 6) is 1.58. The van der Waals surface area contributed by atoms with E-state index in [4.69, 9.17) is 0 Å². The molecule has 1 heterocycles. The minimum Gasteiger partial charge on any atom is -0.338 e. The Kier molecular flexibility index (Phi) is 4.90. The summed E-state index contributed by atoms with van der Waals surface area (Å²) in [7, 11) is 0. The van der Waals surface area contributed by atoms with Crippen molar-refractivity contribution in [1.82, 2.24) is 4.90 Å². The van der Waals surface area contributed by atoms with Crippen LogP contribution in [0.2, 0.25) is 0 Å². The molecular formula is C17H21FN2O2S. The molecule has 2 aliphatic rings. The van der Waals surface area contributed by atoms with Gasteiger partial charge in [0.2, 0.25) is 5.91 Å². The molecule has 1 aromatic rings. The second-order valence-electron chi connectivity index (χ2n) is 6.26. The first-order valence-corrected chi connectivity index (χ1v) is 9.19. The van der Waals surface area contributed by atoms with E-state index in [0.29, 0.717) is 24.7 Å². The lowest BCUT2D eigenvalue weighted by molar-refractivity contribution is -0.117. The Morgan fingerprint density at radius 2 is 2.09 bits per heavy atom. The van der Waals surface area contributed by atoms with Crippen LogP contribution in [-0.4, -0.2) is 41.3 Å². The molecular weight excluding hydrogens is 315 g/mol. The molecule has 0 aromatic heterocycles. The van der Waals surface area contributed by atoms with Gasteiger partial charge in [-0.2, -0.15) is 11.8 Å². The molecule has 1 saturated heterocycles. The Bertz CT molecular complexity index is 615. The van der Waals surface area contributed by atoms with E-state index in [-0.39, 0.29) is 23.3 Å². The molecule has 0 bridgehead atoms. The van der Waals surface area contributed by atoms with Crippen molar-refractivity contribution < 1.29 is 14.0 Å². The number of benzene rings is 1. The van der Waals surface area contributed by atoms with Gasteiger partial charge in [0.25, 0.3) is 5.91 Å². The molecule has 0 radical (unpaired) electrons. The van der Waals surface area contributed by atoms with Gasteiger partial charge >= 0.3 is 0 Å². The van der Waals surface area contributed by atoms with Crippen molar-refractivity contribution in [2.75, 3.05) is 29.9 Å². The van der Waals surface area contributed by atoms with Gasteiger partial charge in [-0.1, -0.05) is 6.92 Å². The van der Waals surface area contributed by atoms with Crippen LogP contribution in [0, 0.1) is 17.7 Å². The number of hydrogen-bond acceptors (Lipinski definition) is 3. The topological polar surface area (TPSA) is 49.4 Å². The molecule has 4 nitrogen and oxygen atoms in total. The maximum atomic E-state index is 13.6. The third-order valence-corrected chi connectivity index (χ3v) is 5.47. The second kappa shape index (κ2) is 6.91. The summed E-state index contributed by atoms with van der Waals surface area (Å²) in [4.78, 5) is 26.7. The molecule has 6 heteroatoms. The van der Waals surface area contributed by atoms with Crippen molar-refractivity contribution in [3.63, 3.8) is 0 Å². The summed E-state index contributed by atoms with van der Waals surface area (Å²) in [5.41, 5.74) is 0.663. The van der Waals surface area contributed by atoms with Crippen molar-refractivity contribution >= 4 is 29.3 Å². The molecule has 0 unspecified atom stereocenters. The van der Waals surface area contributed by atoms with Gasteiger partial charge < -0.3 is 10.2 Å². The maximum absolute atomic E-state index is 13.6. The van der Waals surface area contributed by atoms with Gasteiger partial charge in [-0.3, -0.25) is 9.59 Å². The second-order valence-corrected chi connectivity index (χ2v) is 7.48. The van der Waals surface area contributed by atoms with E-state index < -0.39 is 5.82 Å². The van der Waals surface area contributed by atoms with Gasteiger partial charge in [0.15, 0.2) is 0 Å². The van der Waals surface area contributed by atoms with Gasteiger partial charge in [0.05, 0.1) is 11.3 Å². The van der Waals surface area contributed by atoms with Gasteiger partial charge in [0, 0.05) is 24.8 Å². The van der Waals surface area contributed by atoms with Crippen LogP contribution in [-0.2, 0) is 4.79 Å². The Hall–Kier alpha value is -1.56. The Labute approximate surface area is 139 Å². The average molecular weight is 336 g/mol. The molecule has 1 aliphatic heterocycles. The normalized spacial score (nSPS) is 24.0. The average Bonchev–Trinajstić information content (AvgIpc) is 3.30. The molecule has 1 aliphatic carbocycles. The van der Waals surface area contributed by atoms with Crippen LogP contribution < -0.4 is 5.32 Å². The molecule has 124 valence electrons. The summed E-state index contributed by atoms with van der Waals surface area (Å²) in [6.07, 6.45) is 1.81. The first kappa shape index (κ1) is 16.3. The minimum absolute atomic E-state index is 0.0117. The number of nitrogens with one attached hydrogen (secondary N) is 1. The fourth-order valence-electron chi connectivity index (χ4n) is 2.83. The lowest BCUT2D eigenvalue weighted by Gasteiger charge is -2.21. The molecule has 2 fully saturated rings. The number of rotatable bonds is 3. The zero-order valence-electron chi connectivity index (χ0n) is 13.2. The maximum Gasteiger partial charge on any atom is 0.256 e. The lowest BCUT2D eigenvalue weighted by atomic mass is 10.1. The number of hydrogen-bond donors (Lipinski definition) is 1. The summed E-state index contributed by atoms with van der Waals surface area (Å²) >= 11 is 1.82. The van der Waals surface area contributed by atoms with Crippen molar-refractivity contribution in [2.45, 2.75) is 19.8 Å². The number of nitrogens with zero attached hydrogens (tertiary/aromatic N) is 1. The number of carbonyl (C=O) groups is 2. The van der Waals surface area contributed by atoms with E-state index >= 15 is 0 Å². The highest BCUT2D eigenvalue weighted by Gasteiger charge is 2.39. The largest absolute Gasteiger partial charge is 0.338 e. The molecule has 2 amide bonds. The summed E-state index contributed by atoms with van der Waals surface area (Å²) < 4.78 is 13.6. The van der Waals surface area contributed by atoms with Crippen LogP contribution in [0.3, 0.4) is 0 Å². The van der Waals surface area contributed by atoms with Crippen LogP contribution in [0.25, 0.3) is 0 Å². The van der Waals surface area contributed by atoms with E-state index in [1.807, 2.05) is 18.7 Å².